The maximum absolute atomic E-state index is 8.63. The van der Waals surface area contributed by atoms with Crippen LogP contribution in [0.1, 0.15) is 17.5 Å². The highest BCUT2D eigenvalue weighted by Crippen LogP contribution is 2.11. The van der Waals surface area contributed by atoms with Gasteiger partial charge in [-0.3, -0.25) is 0 Å². The Kier molecular flexibility index (Phi) is 3.67. The lowest BCUT2D eigenvalue weighted by molar-refractivity contribution is -0.458. The standard InChI is InChI=1S/C11H10N2.ClH/c12-7-5-11-10-4-2-1-3-9(10)6-8-13-11;/h1-4H,5-6,8H2;1H. The van der Waals surface area contributed by atoms with Crippen molar-refractivity contribution in [3.8, 4) is 6.07 Å². The molecular formula is C11H11ClN2. The van der Waals surface area contributed by atoms with Crippen LogP contribution in [0.15, 0.2) is 24.3 Å². The summed E-state index contributed by atoms with van der Waals surface area (Å²) in [5, 5.41) is 8.63. The van der Waals surface area contributed by atoms with Gasteiger partial charge in [0.25, 0.3) is 0 Å². The monoisotopic (exact) mass is 206 g/mol. The average molecular weight is 207 g/mol. The third kappa shape index (κ3) is 1.94. The predicted octanol–water partition coefficient (Wildman–Crippen LogP) is -2.97. The quantitative estimate of drug-likeness (QED) is 0.524. The van der Waals surface area contributed by atoms with Gasteiger partial charge in [-0.05, 0) is 11.6 Å². The number of hydrogen-bond acceptors (Lipinski definition) is 1. The van der Waals surface area contributed by atoms with E-state index in [4.69, 9.17) is 5.26 Å². The normalized spacial score (nSPS) is 13.2. The van der Waals surface area contributed by atoms with E-state index in [0.29, 0.717) is 6.42 Å². The molecule has 0 amide bonds. The van der Waals surface area contributed by atoms with Crippen LogP contribution in [-0.2, 0) is 6.42 Å². The molecule has 14 heavy (non-hydrogen) atoms. The fourth-order valence-electron chi connectivity index (χ4n) is 1.71. The number of hydrogen-bond donors (Lipinski definition) is 1. The van der Waals surface area contributed by atoms with Gasteiger partial charge in [-0.2, -0.15) is 5.26 Å². The molecule has 0 spiro atoms. The van der Waals surface area contributed by atoms with E-state index in [9.17, 15) is 0 Å². The molecule has 0 radical (unpaired) electrons. The number of nitriles is 1. The fourth-order valence-corrected chi connectivity index (χ4v) is 1.71. The summed E-state index contributed by atoms with van der Waals surface area (Å²) in [6.45, 7) is 0.952. The number of benzene rings is 1. The largest absolute Gasteiger partial charge is 1.00 e. The molecule has 0 aromatic heterocycles. The summed E-state index contributed by atoms with van der Waals surface area (Å²) < 4.78 is 0. The summed E-state index contributed by atoms with van der Waals surface area (Å²) in [6, 6.07) is 10.5. The molecule has 2 rings (SSSR count). The molecule has 0 saturated carbocycles. The zero-order chi connectivity index (χ0) is 9.10. The summed E-state index contributed by atoms with van der Waals surface area (Å²) in [4.78, 5) is 3.27. The molecule has 0 bridgehead atoms. The van der Waals surface area contributed by atoms with Crippen LogP contribution in [0.2, 0.25) is 0 Å². The molecule has 0 saturated heterocycles. The summed E-state index contributed by atoms with van der Waals surface area (Å²) in [5.41, 5.74) is 3.64. The minimum Gasteiger partial charge on any atom is -1.00 e. The van der Waals surface area contributed by atoms with Crippen LogP contribution in [0.5, 0.6) is 0 Å². The molecule has 3 heteroatoms. The molecule has 2 nitrogen and oxygen atoms in total. The zero-order valence-corrected chi connectivity index (χ0v) is 8.51. The minimum absolute atomic E-state index is 0. The van der Waals surface area contributed by atoms with Crippen molar-refractivity contribution in [3.63, 3.8) is 0 Å². The molecule has 0 atom stereocenters. The molecule has 72 valence electrons. The van der Waals surface area contributed by atoms with Gasteiger partial charge < -0.3 is 12.4 Å². The maximum atomic E-state index is 8.63. The van der Waals surface area contributed by atoms with Crippen LogP contribution in [0.25, 0.3) is 0 Å². The number of nitrogens with zero attached hydrogens (tertiary/aromatic N) is 1. The minimum atomic E-state index is 0. The lowest BCUT2D eigenvalue weighted by Crippen LogP contribution is -3.00. The first-order valence-corrected chi connectivity index (χ1v) is 4.47. The Morgan fingerprint density at radius 1 is 1.36 bits per heavy atom. The van der Waals surface area contributed by atoms with E-state index in [2.05, 4.69) is 23.2 Å². The summed E-state index contributed by atoms with van der Waals surface area (Å²) >= 11 is 0. The van der Waals surface area contributed by atoms with Gasteiger partial charge in [0.05, 0.1) is 6.07 Å². The van der Waals surface area contributed by atoms with Gasteiger partial charge in [0.2, 0.25) is 0 Å². The van der Waals surface area contributed by atoms with E-state index in [1.54, 1.807) is 0 Å². The van der Waals surface area contributed by atoms with Crippen molar-refractivity contribution in [2.75, 3.05) is 6.54 Å². The number of halogens is 1. The van der Waals surface area contributed by atoms with Crippen molar-refractivity contribution < 1.29 is 17.4 Å². The lowest BCUT2D eigenvalue weighted by atomic mass is 9.96. The highest BCUT2D eigenvalue weighted by Gasteiger charge is 2.17. The van der Waals surface area contributed by atoms with Crippen LogP contribution in [0.3, 0.4) is 0 Å². The van der Waals surface area contributed by atoms with Gasteiger partial charge in [0.1, 0.15) is 13.0 Å². The van der Waals surface area contributed by atoms with Crippen molar-refractivity contribution in [2.45, 2.75) is 12.8 Å². The fraction of sp³-hybridized carbons (Fsp3) is 0.273. The molecule has 1 aromatic carbocycles. The Morgan fingerprint density at radius 3 is 2.93 bits per heavy atom. The molecule has 0 aliphatic carbocycles. The van der Waals surface area contributed by atoms with Crippen LogP contribution in [0.4, 0.5) is 0 Å². The Bertz CT molecular complexity index is 391. The Balaban J connectivity index is 0.000000980. The molecule has 1 N–H and O–H groups in total. The molecule has 1 heterocycles. The lowest BCUT2D eigenvalue weighted by Gasteiger charge is -2.09. The van der Waals surface area contributed by atoms with Gasteiger partial charge in [-0.1, -0.05) is 18.2 Å². The van der Waals surface area contributed by atoms with Crippen LogP contribution < -0.4 is 17.4 Å². The SMILES string of the molecule is N#CCC1=[NH+]CCc2ccccc21.[Cl-]. The Morgan fingerprint density at radius 2 is 2.14 bits per heavy atom. The predicted molar refractivity (Wildman–Crippen MR) is 50.3 cm³/mol. The van der Waals surface area contributed by atoms with Crippen molar-refractivity contribution in [1.82, 2.24) is 0 Å². The van der Waals surface area contributed by atoms with Crippen LogP contribution >= 0.6 is 0 Å². The van der Waals surface area contributed by atoms with Gasteiger partial charge in [-0.15, -0.1) is 0 Å². The Labute approximate surface area is 89.7 Å². The number of nitrogens with one attached hydrogen (secondary N) is 1. The second kappa shape index (κ2) is 4.78. The van der Waals surface area contributed by atoms with Gasteiger partial charge in [0.15, 0.2) is 5.71 Å². The van der Waals surface area contributed by atoms with E-state index < -0.39 is 0 Å². The summed E-state index contributed by atoms with van der Waals surface area (Å²) in [5.74, 6) is 0. The molecule has 1 aliphatic heterocycles. The number of fused-ring (bicyclic) bond motifs is 1. The summed E-state index contributed by atoms with van der Waals surface area (Å²) in [7, 11) is 0. The maximum Gasteiger partial charge on any atom is 0.196 e. The topological polar surface area (TPSA) is 37.8 Å². The molecular weight excluding hydrogens is 196 g/mol. The Hall–Kier alpha value is -1.33. The third-order valence-corrected chi connectivity index (χ3v) is 2.33. The third-order valence-electron chi connectivity index (χ3n) is 2.33. The van der Waals surface area contributed by atoms with Crippen LogP contribution in [-0.4, -0.2) is 12.3 Å². The van der Waals surface area contributed by atoms with Gasteiger partial charge in [-0.25, -0.2) is 4.99 Å². The van der Waals surface area contributed by atoms with Gasteiger partial charge in [0, 0.05) is 12.0 Å². The first-order valence-electron chi connectivity index (χ1n) is 4.47. The van der Waals surface area contributed by atoms with E-state index in [-0.39, 0.29) is 12.4 Å². The van der Waals surface area contributed by atoms with Crippen molar-refractivity contribution >= 4 is 5.71 Å². The summed E-state index contributed by atoms with van der Waals surface area (Å²) in [6.07, 6.45) is 1.54. The molecule has 0 fully saturated rings. The first-order chi connectivity index (χ1) is 6.42. The second-order valence-electron chi connectivity index (χ2n) is 3.15. The van der Waals surface area contributed by atoms with Crippen molar-refractivity contribution in [1.29, 1.82) is 5.26 Å². The smallest absolute Gasteiger partial charge is 0.196 e. The first kappa shape index (κ1) is 10.7. The number of rotatable bonds is 1. The van der Waals surface area contributed by atoms with E-state index >= 15 is 0 Å². The zero-order valence-electron chi connectivity index (χ0n) is 7.76. The second-order valence-corrected chi connectivity index (χ2v) is 3.15. The van der Waals surface area contributed by atoms with Crippen molar-refractivity contribution in [2.24, 2.45) is 0 Å². The van der Waals surface area contributed by atoms with Crippen LogP contribution in [0, 0.1) is 11.3 Å². The molecule has 0 unspecified atom stereocenters. The average Bonchev–Trinajstić information content (AvgIpc) is 2.19. The van der Waals surface area contributed by atoms with Crippen molar-refractivity contribution in [3.05, 3.63) is 35.4 Å². The van der Waals surface area contributed by atoms with E-state index in [1.807, 2.05) is 12.1 Å². The highest BCUT2D eigenvalue weighted by molar-refractivity contribution is 5.99. The molecule has 1 aromatic rings. The highest BCUT2D eigenvalue weighted by atomic mass is 35.5. The van der Waals surface area contributed by atoms with E-state index in [0.717, 1.165) is 18.7 Å². The van der Waals surface area contributed by atoms with Gasteiger partial charge >= 0.3 is 0 Å². The van der Waals surface area contributed by atoms with E-state index in [1.165, 1.54) is 11.1 Å². The molecule has 1 aliphatic rings.